The molecule has 38 heavy (non-hydrogen) atoms. The number of nitrogens with zero attached hydrogens (tertiary/aromatic N) is 3. The number of para-hydroxylation sites is 1. The van der Waals surface area contributed by atoms with Gasteiger partial charge in [-0.05, 0) is 62.3 Å². The molecule has 1 aromatic heterocycles. The van der Waals surface area contributed by atoms with Gasteiger partial charge in [-0.1, -0.05) is 49.7 Å². The van der Waals surface area contributed by atoms with Crippen molar-refractivity contribution >= 4 is 22.4 Å². The molecule has 1 aliphatic heterocycles. The summed E-state index contributed by atoms with van der Waals surface area (Å²) in [6, 6.07) is 23.5. The van der Waals surface area contributed by atoms with Crippen molar-refractivity contribution in [3.63, 3.8) is 0 Å². The van der Waals surface area contributed by atoms with Crippen molar-refractivity contribution in [2.45, 2.75) is 59.5 Å². The normalized spacial score (nSPS) is 19.7. The van der Waals surface area contributed by atoms with Crippen molar-refractivity contribution in [1.82, 2.24) is 4.98 Å². The number of phenols is 1. The average molecular weight is 686 g/mol. The average Bonchev–Trinajstić information content (AvgIpc) is 3.37. The number of aromatic nitrogens is 1. The zero-order valence-corrected chi connectivity index (χ0v) is 24.6. The minimum atomic E-state index is 0. The number of pyridine rings is 1. The molecule has 0 unspecified atom stereocenters. The first kappa shape index (κ1) is 26.4. The maximum absolute atomic E-state index is 10.2. The van der Waals surface area contributed by atoms with Gasteiger partial charge in [-0.25, -0.2) is 4.98 Å². The Labute approximate surface area is 238 Å². The van der Waals surface area contributed by atoms with Crippen molar-refractivity contribution < 1.29 is 30.9 Å². The second-order valence-corrected chi connectivity index (χ2v) is 11.1. The fourth-order valence-corrected chi connectivity index (χ4v) is 6.17. The van der Waals surface area contributed by atoms with Crippen LogP contribution in [0.5, 0.6) is 17.4 Å². The number of hydrogen-bond acceptors (Lipinski definition) is 5. The second kappa shape index (κ2) is 9.85. The molecule has 5 nitrogen and oxygen atoms in total. The van der Waals surface area contributed by atoms with Crippen LogP contribution in [0.2, 0.25) is 0 Å². The number of aliphatic imine (C=N–C) groups is 1. The largest absolute Gasteiger partial charge is 0.506 e. The van der Waals surface area contributed by atoms with E-state index in [9.17, 15) is 5.11 Å². The molecule has 0 radical (unpaired) electrons. The number of fused-ring (bicyclic) bond motifs is 2. The first-order valence-corrected chi connectivity index (χ1v) is 13.0. The van der Waals surface area contributed by atoms with E-state index in [-0.39, 0.29) is 38.3 Å². The van der Waals surface area contributed by atoms with Gasteiger partial charge in [0.15, 0.2) is 0 Å². The number of amidine groups is 1. The molecule has 4 aromatic rings. The smallest absolute Gasteiger partial charge is 0.217 e. The number of hydrogen-bond donors (Lipinski definition) is 1. The number of anilines is 1. The first-order valence-electron chi connectivity index (χ1n) is 13.0. The zero-order valence-electron chi connectivity index (χ0n) is 22.4. The van der Waals surface area contributed by atoms with E-state index in [1.165, 1.54) is 22.4 Å². The van der Waals surface area contributed by atoms with Crippen molar-refractivity contribution in [2.24, 2.45) is 10.4 Å². The fourth-order valence-electron chi connectivity index (χ4n) is 6.17. The quantitative estimate of drug-likeness (QED) is 0.230. The minimum Gasteiger partial charge on any atom is -0.506 e. The number of phenolic OH excluding ortho intramolecular Hbond substituents is 1. The molecule has 0 amide bonds. The predicted octanol–water partition coefficient (Wildman–Crippen LogP) is 7.28. The molecule has 2 heterocycles. The van der Waals surface area contributed by atoms with E-state index < -0.39 is 0 Å². The van der Waals surface area contributed by atoms with Crippen LogP contribution in [0, 0.1) is 32.3 Å². The van der Waals surface area contributed by atoms with Crippen molar-refractivity contribution in [2.75, 3.05) is 4.90 Å². The predicted molar refractivity (Wildman–Crippen MR) is 149 cm³/mol. The van der Waals surface area contributed by atoms with Crippen LogP contribution in [0.1, 0.15) is 48.9 Å². The molecule has 3 aromatic carbocycles. The van der Waals surface area contributed by atoms with E-state index in [0.29, 0.717) is 23.2 Å². The van der Waals surface area contributed by atoms with E-state index in [2.05, 4.69) is 68.8 Å². The third kappa shape index (κ3) is 4.51. The third-order valence-electron chi connectivity index (χ3n) is 7.84. The molecule has 0 bridgehead atoms. The number of aromatic hydroxyl groups is 1. The molecule has 0 saturated heterocycles. The van der Waals surface area contributed by atoms with Crippen molar-refractivity contribution in [3.8, 4) is 17.4 Å². The summed E-state index contributed by atoms with van der Waals surface area (Å²) in [5.41, 5.74) is 6.62. The Bertz CT molecular complexity index is 1540. The Morgan fingerprint density at radius 3 is 2.50 bits per heavy atom. The Hall–Kier alpha value is -3.17. The molecule has 6 rings (SSSR count). The van der Waals surface area contributed by atoms with E-state index in [1.54, 1.807) is 12.1 Å². The van der Waals surface area contributed by atoms with Gasteiger partial charge in [-0.15, -0.1) is 23.8 Å². The van der Waals surface area contributed by atoms with E-state index in [4.69, 9.17) is 9.73 Å². The molecule has 0 spiro atoms. The Morgan fingerprint density at radius 2 is 1.74 bits per heavy atom. The van der Waals surface area contributed by atoms with Gasteiger partial charge in [0.05, 0.1) is 11.9 Å². The summed E-state index contributed by atoms with van der Waals surface area (Å²) < 4.78 is 6.13. The summed E-state index contributed by atoms with van der Waals surface area (Å²) in [5, 5.41) is 11.1. The maximum atomic E-state index is 10.2. The summed E-state index contributed by atoms with van der Waals surface area (Å²) >= 11 is 0. The summed E-state index contributed by atoms with van der Waals surface area (Å²) in [4.78, 5) is 12.3. The number of benzene rings is 3. The van der Waals surface area contributed by atoms with Gasteiger partial charge in [0.2, 0.25) is 5.88 Å². The number of rotatable bonds is 4. The van der Waals surface area contributed by atoms with Gasteiger partial charge >= 0.3 is 0 Å². The van der Waals surface area contributed by atoms with Crippen LogP contribution >= 0.6 is 0 Å². The molecule has 1 aliphatic carbocycles. The molecule has 1 N–H and O–H groups in total. The van der Waals surface area contributed by atoms with Gasteiger partial charge in [-0.3, -0.25) is 0 Å². The molecule has 1 saturated carbocycles. The molecular formula is C32H32N3O2Pt-. The van der Waals surface area contributed by atoms with Gasteiger partial charge < -0.3 is 19.7 Å². The monoisotopic (exact) mass is 685 g/mol. The van der Waals surface area contributed by atoms with Crippen LogP contribution in [0.25, 0.3) is 10.9 Å². The van der Waals surface area contributed by atoms with Gasteiger partial charge in [-0.2, -0.15) is 0 Å². The van der Waals surface area contributed by atoms with E-state index in [1.807, 2.05) is 30.3 Å². The molecule has 198 valence electrons. The maximum Gasteiger partial charge on any atom is 0.217 e. The number of aryl methyl sites for hydroxylation is 3. The van der Waals surface area contributed by atoms with Crippen LogP contribution in [-0.2, 0) is 21.1 Å². The molecule has 1 fully saturated rings. The molecule has 6 heteroatoms. The van der Waals surface area contributed by atoms with Gasteiger partial charge in [0.25, 0.3) is 0 Å². The Balaban J connectivity index is 0.00000294. The molecule has 2 atom stereocenters. The molecule has 2 aliphatic rings. The van der Waals surface area contributed by atoms with Crippen LogP contribution in [0.15, 0.2) is 65.7 Å². The zero-order chi connectivity index (χ0) is 25.9. The Kier molecular flexibility index (Phi) is 6.85. The van der Waals surface area contributed by atoms with Gasteiger partial charge in [0.1, 0.15) is 11.3 Å². The minimum absolute atomic E-state index is 0. The van der Waals surface area contributed by atoms with E-state index in [0.717, 1.165) is 29.6 Å². The standard InChI is InChI=1S/C32H32N3O2.Pt/c1-19-16-20(2)29(21(3)17-19)35-25-14-15-32(4,5)30(25)34-31(35)23-9-6-10-24(18-23)37-27-13-12-22-8-7-11-26(36)28(22)33-27;/h6-13,16-17,25,30,36H,14-15H2,1-5H3;/q-1;/t25-,30-;/m1./s1. The topological polar surface area (TPSA) is 58.0 Å². The summed E-state index contributed by atoms with van der Waals surface area (Å²) in [6.45, 7) is 11.2. The van der Waals surface area contributed by atoms with Crippen molar-refractivity contribution in [1.29, 1.82) is 0 Å². The summed E-state index contributed by atoms with van der Waals surface area (Å²) in [6.07, 6.45) is 2.27. The van der Waals surface area contributed by atoms with Crippen LogP contribution in [0.3, 0.4) is 0 Å². The second-order valence-electron chi connectivity index (χ2n) is 11.1. The number of ether oxygens (including phenoxy) is 1. The molecular weight excluding hydrogens is 653 g/mol. The third-order valence-corrected chi connectivity index (χ3v) is 7.84. The van der Waals surface area contributed by atoms with Crippen molar-refractivity contribution in [3.05, 3.63) is 89.0 Å². The van der Waals surface area contributed by atoms with Crippen LogP contribution in [-0.4, -0.2) is 28.0 Å². The van der Waals surface area contributed by atoms with Crippen LogP contribution in [0.4, 0.5) is 5.69 Å². The van der Waals surface area contributed by atoms with Crippen LogP contribution < -0.4 is 9.64 Å². The SMILES string of the molecule is Cc1cc(C)c(N2C(c3[c-]c(Oc4ccc5cccc(O)c5n4)ccc3)=N[C@@H]3[C@H]2CCC3(C)C)c(C)c1.[Pt]. The first-order chi connectivity index (χ1) is 17.7. The summed E-state index contributed by atoms with van der Waals surface area (Å²) in [7, 11) is 0. The fraction of sp³-hybridized carbons (Fsp3) is 0.312. The Morgan fingerprint density at radius 1 is 1.00 bits per heavy atom. The summed E-state index contributed by atoms with van der Waals surface area (Å²) in [5.74, 6) is 2.06. The van der Waals surface area contributed by atoms with E-state index >= 15 is 0 Å². The van der Waals surface area contributed by atoms with Gasteiger partial charge in [0, 0.05) is 50.0 Å².